The molecule has 4 aromatic rings. The number of carbonyl (C=O) groups excluding carboxylic acids is 1. The summed E-state index contributed by atoms with van der Waals surface area (Å²) in [5.74, 6) is 2.04. The molecule has 0 aliphatic heterocycles. The molecule has 0 bridgehead atoms. The van der Waals surface area contributed by atoms with Crippen molar-refractivity contribution in [2.24, 2.45) is 0 Å². The molecule has 0 saturated carbocycles. The number of hydrogen-bond donors (Lipinski definition) is 1. The monoisotopic (exact) mass is 545 g/mol. The minimum Gasteiger partial charge on any atom is -0.494 e. The van der Waals surface area contributed by atoms with Crippen molar-refractivity contribution in [1.29, 1.82) is 0 Å². The third-order valence-electron chi connectivity index (χ3n) is 7.18. The van der Waals surface area contributed by atoms with Crippen molar-refractivity contribution < 1.29 is 9.53 Å². The number of ether oxygens (including phenoxy) is 1. The van der Waals surface area contributed by atoms with Gasteiger partial charge in [0.05, 0.1) is 17.6 Å². The fraction of sp³-hybridized carbons (Fsp3) is 0.394. The van der Waals surface area contributed by atoms with Crippen molar-refractivity contribution in [2.45, 2.75) is 72.8 Å². The van der Waals surface area contributed by atoms with Gasteiger partial charge in [-0.05, 0) is 100 Å². The summed E-state index contributed by atoms with van der Waals surface area (Å²) in [5, 5.41) is 3.88. The molecular formula is C33H40ClN3O2. The van der Waals surface area contributed by atoms with Gasteiger partial charge in [-0.15, -0.1) is 0 Å². The smallest absolute Gasteiger partial charge is 0.251 e. The first-order valence-corrected chi connectivity index (χ1v) is 14.4. The summed E-state index contributed by atoms with van der Waals surface area (Å²) < 4.78 is 8.37. The number of nitrogens with one attached hydrogen (secondary N) is 1. The number of nitrogens with zero attached hydrogens (tertiary/aromatic N) is 2. The second-order valence-electron chi connectivity index (χ2n) is 10.5. The van der Waals surface area contributed by atoms with Crippen molar-refractivity contribution in [3.63, 3.8) is 0 Å². The Morgan fingerprint density at radius 1 is 0.897 bits per heavy atom. The Kier molecular flexibility index (Phi) is 10.0. The molecule has 0 aliphatic rings. The van der Waals surface area contributed by atoms with Crippen molar-refractivity contribution in [3.05, 3.63) is 93.3 Å². The van der Waals surface area contributed by atoms with Crippen LogP contribution >= 0.6 is 11.6 Å². The average Bonchev–Trinajstić information content (AvgIpc) is 3.26. The van der Waals surface area contributed by atoms with E-state index < -0.39 is 0 Å². The molecule has 6 heteroatoms. The first-order chi connectivity index (χ1) is 18.8. The fourth-order valence-corrected chi connectivity index (χ4v) is 5.18. The maximum absolute atomic E-state index is 12.5. The van der Waals surface area contributed by atoms with Gasteiger partial charge in [0.1, 0.15) is 11.6 Å². The summed E-state index contributed by atoms with van der Waals surface area (Å²) in [6, 6.07) is 18.3. The predicted molar refractivity (Wildman–Crippen MR) is 161 cm³/mol. The lowest BCUT2D eigenvalue weighted by molar-refractivity contribution is 0.0952. The summed E-state index contributed by atoms with van der Waals surface area (Å²) in [7, 11) is 0. The molecule has 0 aliphatic carbocycles. The Balaban J connectivity index is 1.23. The Morgan fingerprint density at radius 3 is 2.44 bits per heavy atom. The number of aromatic nitrogens is 2. The van der Waals surface area contributed by atoms with E-state index in [1.807, 2.05) is 58.0 Å². The maximum Gasteiger partial charge on any atom is 0.251 e. The molecule has 0 fully saturated rings. The number of hydrogen-bond acceptors (Lipinski definition) is 3. The van der Waals surface area contributed by atoms with Crippen LogP contribution in [0.3, 0.4) is 0 Å². The van der Waals surface area contributed by atoms with Gasteiger partial charge in [-0.3, -0.25) is 4.79 Å². The lowest BCUT2D eigenvalue weighted by atomic mass is 10.1. The molecule has 1 aromatic heterocycles. The van der Waals surface area contributed by atoms with Gasteiger partial charge in [0, 0.05) is 30.1 Å². The molecular weight excluding hydrogens is 506 g/mol. The van der Waals surface area contributed by atoms with Gasteiger partial charge in [-0.25, -0.2) is 4.98 Å². The Bertz CT molecular complexity index is 1400. The number of carbonyl (C=O) groups is 1. The van der Waals surface area contributed by atoms with E-state index in [0.29, 0.717) is 13.2 Å². The third kappa shape index (κ3) is 7.63. The molecule has 0 saturated heterocycles. The number of halogens is 1. The van der Waals surface area contributed by atoms with Gasteiger partial charge in [0.2, 0.25) is 0 Å². The van der Waals surface area contributed by atoms with Crippen LogP contribution < -0.4 is 10.1 Å². The van der Waals surface area contributed by atoms with E-state index in [4.69, 9.17) is 21.3 Å². The van der Waals surface area contributed by atoms with Crippen molar-refractivity contribution >= 4 is 28.5 Å². The van der Waals surface area contributed by atoms with Crippen LogP contribution in [0, 0.1) is 27.7 Å². The van der Waals surface area contributed by atoms with Gasteiger partial charge in [-0.1, -0.05) is 47.9 Å². The summed E-state index contributed by atoms with van der Waals surface area (Å²) >= 11 is 6.28. The molecule has 0 atom stereocenters. The van der Waals surface area contributed by atoms with Gasteiger partial charge < -0.3 is 14.6 Å². The van der Waals surface area contributed by atoms with Crippen LogP contribution in [0.5, 0.6) is 5.75 Å². The molecule has 4 rings (SSSR count). The Labute approximate surface area is 237 Å². The van der Waals surface area contributed by atoms with Crippen LogP contribution in [-0.2, 0) is 13.0 Å². The van der Waals surface area contributed by atoms with Crippen LogP contribution in [0.2, 0.25) is 5.02 Å². The first-order valence-electron chi connectivity index (χ1n) is 14.0. The molecule has 1 amide bonds. The summed E-state index contributed by atoms with van der Waals surface area (Å²) in [5.41, 5.74) is 7.29. The number of amides is 1. The normalized spacial score (nSPS) is 11.2. The van der Waals surface area contributed by atoms with E-state index in [0.717, 1.165) is 89.4 Å². The summed E-state index contributed by atoms with van der Waals surface area (Å²) in [4.78, 5) is 17.4. The van der Waals surface area contributed by atoms with Gasteiger partial charge in [-0.2, -0.15) is 0 Å². The van der Waals surface area contributed by atoms with E-state index in [2.05, 4.69) is 34.1 Å². The molecule has 5 nitrogen and oxygen atoms in total. The van der Waals surface area contributed by atoms with Crippen molar-refractivity contribution in [3.8, 4) is 5.75 Å². The summed E-state index contributed by atoms with van der Waals surface area (Å²) in [6.45, 7) is 10.3. The third-order valence-corrected chi connectivity index (χ3v) is 7.77. The van der Waals surface area contributed by atoms with Crippen molar-refractivity contribution in [1.82, 2.24) is 14.9 Å². The zero-order valence-corrected chi connectivity index (χ0v) is 24.4. The molecule has 3 aromatic carbocycles. The largest absolute Gasteiger partial charge is 0.494 e. The zero-order valence-electron chi connectivity index (χ0n) is 23.6. The van der Waals surface area contributed by atoms with E-state index >= 15 is 0 Å². The lowest BCUT2D eigenvalue weighted by Gasteiger charge is -2.12. The molecule has 39 heavy (non-hydrogen) atoms. The molecule has 206 valence electrons. The minimum atomic E-state index is 0.0135. The van der Waals surface area contributed by atoms with Gasteiger partial charge in [0.25, 0.3) is 5.91 Å². The quantitative estimate of drug-likeness (QED) is 0.174. The molecule has 0 spiro atoms. The summed E-state index contributed by atoms with van der Waals surface area (Å²) in [6.07, 6.45) is 5.96. The molecule has 0 radical (unpaired) electrons. The maximum atomic E-state index is 12.5. The Morgan fingerprint density at radius 2 is 1.67 bits per heavy atom. The molecule has 1 N–H and O–H groups in total. The van der Waals surface area contributed by atoms with Crippen molar-refractivity contribution in [2.75, 3.05) is 13.2 Å². The van der Waals surface area contributed by atoms with Gasteiger partial charge >= 0.3 is 0 Å². The highest BCUT2D eigenvalue weighted by molar-refractivity contribution is 6.32. The van der Waals surface area contributed by atoms with Crippen LogP contribution in [0.15, 0.2) is 54.6 Å². The highest BCUT2D eigenvalue weighted by atomic mass is 35.5. The SMILES string of the molecule is Cc1ccc(C(=O)NCCCCCc2nc3ccccc3n2CCCCOc2cc(C)c(Cl)c(C)c2)c(C)c1. The van der Waals surface area contributed by atoms with Crippen LogP contribution in [0.4, 0.5) is 0 Å². The second kappa shape index (κ2) is 13.7. The van der Waals surface area contributed by atoms with E-state index in [-0.39, 0.29) is 5.91 Å². The topological polar surface area (TPSA) is 56.2 Å². The standard InChI is InChI=1S/C33H40ClN3O2/c1-23-15-16-28(24(2)20-23)33(38)35-17-9-5-6-14-31-36-29-12-7-8-13-30(29)37(31)18-10-11-19-39-27-21-25(3)32(34)26(4)22-27/h7-8,12-13,15-16,20-22H,5-6,9-11,14,17-19H2,1-4H3,(H,35,38). The number of benzene rings is 3. The van der Waals surface area contributed by atoms with Crippen LogP contribution in [-0.4, -0.2) is 28.6 Å². The highest BCUT2D eigenvalue weighted by Crippen LogP contribution is 2.26. The number of para-hydroxylation sites is 2. The fourth-order valence-electron chi connectivity index (χ4n) is 5.07. The number of imidazole rings is 1. The number of aryl methyl sites for hydroxylation is 6. The average molecular weight is 546 g/mol. The van der Waals surface area contributed by atoms with E-state index in [9.17, 15) is 4.79 Å². The predicted octanol–water partition coefficient (Wildman–Crippen LogP) is 7.93. The lowest BCUT2D eigenvalue weighted by Crippen LogP contribution is -2.25. The molecule has 1 heterocycles. The minimum absolute atomic E-state index is 0.0135. The van der Waals surface area contributed by atoms with E-state index in [1.54, 1.807) is 0 Å². The number of unbranched alkanes of at least 4 members (excludes halogenated alkanes) is 3. The number of fused-ring (bicyclic) bond motifs is 1. The molecule has 0 unspecified atom stereocenters. The first kappa shape index (κ1) is 28.7. The van der Waals surface area contributed by atoms with E-state index in [1.165, 1.54) is 11.1 Å². The zero-order chi connectivity index (χ0) is 27.8. The van der Waals surface area contributed by atoms with Gasteiger partial charge in [0.15, 0.2) is 0 Å². The number of rotatable bonds is 13. The van der Waals surface area contributed by atoms with Crippen LogP contribution in [0.1, 0.15) is 70.5 Å². The van der Waals surface area contributed by atoms with Crippen LogP contribution in [0.25, 0.3) is 11.0 Å². The Hall–Kier alpha value is -3.31. The highest BCUT2D eigenvalue weighted by Gasteiger charge is 2.11. The second-order valence-corrected chi connectivity index (χ2v) is 10.9.